The molecule has 0 unspecified atom stereocenters. The summed E-state index contributed by atoms with van der Waals surface area (Å²) in [5, 5.41) is 0. The van der Waals surface area contributed by atoms with Crippen LogP contribution in [0.2, 0.25) is 0 Å². The first-order valence-corrected chi connectivity index (χ1v) is 8.37. The van der Waals surface area contributed by atoms with Crippen LogP contribution in [0.1, 0.15) is 10.4 Å². The van der Waals surface area contributed by atoms with Gasteiger partial charge in [-0.1, -0.05) is 30.3 Å². The third kappa shape index (κ3) is 2.10. The van der Waals surface area contributed by atoms with Gasteiger partial charge in [-0.3, -0.25) is 4.79 Å². The molecule has 1 heterocycles. The molecule has 6 heteroatoms. The molecule has 0 aliphatic carbocycles. The number of rotatable bonds is 3. The van der Waals surface area contributed by atoms with E-state index in [1.54, 1.807) is 18.2 Å². The van der Waals surface area contributed by atoms with Gasteiger partial charge in [0.05, 0.1) is 11.4 Å². The van der Waals surface area contributed by atoms with E-state index in [-0.39, 0.29) is 16.3 Å². The van der Waals surface area contributed by atoms with Crippen molar-refractivity contribution >= 4 is 27.7 Å². The first kappa shape index (κ1) is 13.2. The Labute approximate surface area is 121 Å². The Kier molecular flexibility index (Phi) is 3.27. The molecule has 0 bridgehead atoms. The molecule has 0 N–H and O–H groups in total. The Morgan fingerprint density at radius 3 is 2.30 bits per heavy atom. The SMILES string of the molecule is O=C1c2ccccc2S(=O)(=O)N1CSc1ccccc1. The summed E-state index contributed by atoms with van der Waals surface area (Å²) >= 11 is 1.32. The number of carbonyl (C=O) groups excluding carboxylic acids is 1. The van der Waals surface area contributed by atoms with Gasteiger partial charge in [-0.05, 0) is 24.3 Å². The number of carbonyl (C=O) groups is 1. The summed E-state index contributed by atoms with van der Waals surface area (Å²) in [4.78, 5) is 13.2. The predicted octanol–water partition coefficient (Wildman–Crippen LogP) is 2.58. The summed E-state index contributed by atoms with van der Waals surface area (Å²) in [6, 6.07) is 15.7. The molecule has 0 spiro atoms. The van der Waals surface area contributed by atoms with Crippen molar-refractivity contribution in [3.63, 3.8) is 0 Å². The van der Waals surface area contributed by atoms with Crippen molar-refractivity contribution < 1.29 is 13.2 Å². The summed E-state index contributed by atoms with van der Waals surface area (Å²) in [7, 11) is -3.70. The summed E-state index contributed by atoms with van der Waals surface area (Å²) in [6.07, 6.45) is 0. The lowest BCUT2D eigenvalue weighted by atomic mass is 10.2. The second kappa shape index (κ2) is 4.96. The Morgan fingerprint density at radius 2 is 1.60 bits per heavy atom. The quantitative estimate of drug-likeness (QED) is 0.818. The van der Waals surface area contributed by atoms with Crippen molar-refractivity contribution in [3.05, 3.63) is 60.2 Å². The molecule has 3 rings (SSSR count). The van der Waals surface area contributed by atoms with Gasteiger partial charge in [0.1, 0.15) is 4.90 Å². The molecule has 1 amide bonds. The van der Waals surface area contributed by atoms with E-state index in [2.05, 4.69) is 0 Å². The fourth-order valence-corrected chi connectivity index (χ4v) is 4.69. The highest BCUT2D eigenvalue weighted by atomic mass is 32.2. The van der Waals surface area contributed by atoms with Crippen LogP contribution in [0, 0.1) is 0 Å². The van der Waals surface area contributed by atoms with Gasteiger partial charge in [-0.25, -0.2) is 12.7 Å². The van der Waals surface area contributed by atoms with Crippen LogP contribution < -0.4 is 0 Å². The maximum absolute atomic E-state index is 12.3. The largest absolute Gasteiger partial charge is 0.269 e. The highest BCUT2D eigenvalue weighted by molar-refractivity contribution is 8.00. The van der Waals surface area contributed by atoms with Crippen LogP contribution in [0.15, 0.2) is 64.4 Å². The lowest BCUT2D eigenvalue weighted by molar-refractivity contribution is 0.0887. The minimum Gasteiger partial charge on any atom is -0.268 e. The zero-order valence-electron chi connectivity index (χ0n) is 10.4. The monoisotopic (exact) mass is 305 g/mol. The van der Waals surface area contributed by atoms with E-state index in [9.17, 15) is 13.2 Å². The zero-order valence-corrected chi connectivity index (χ0v) is 12.0. The van der Waals surface area contributed by atoms with Crippen LogP contribution in [0.25, 0.3) is 0 Å². The predicted molar refractivity (Wildman–Crippen MR) is 77.0 cm³/mol. The molecule has 20 heavy (non-hydrogen) atoms. The van der Waals surface area contributed by atoms with E-state index < -0.39 is 15.9 Å². The van der Waals surface area contributed by atoms with Crippen LogP contribution in [0.5, 0.6) is 0 Å². The second-order valence-corrected chi connectivity index (χ2v) is 7.09. The number of thioether (sulfide) groups is 1. The molecule has 0 saturated carbocycles. The molecule has 4 nitrogen and oxygen atoms in total. The molecule has 1 aliphatic rings. The molecule has 0 aromatic heterocycles. The van der Waals surface area contributed by atoms with Crippen LogP contribution >= 0.6 is 11.8 Å². The van der Waals surface area contributed by atoms with Crippen molar-refractivity contribution in [1.82, 2.24) is 4.31 Å². The average Bonchev–Trinajstić information content (AvgIpc) is 2.66. The summed E-state index contributed by atoms with van der Waals surface area (Å²) in [5.74, 6) is -0.371. The van der Waals surface area contributed by atoms with Gasteiger partial charge in [0.2, 0.25) is 0 Å². The first-order valence-electron chi connectivity index (χ1n) is 5.94. The number of hydrogen-bond acceptors (Lipinski definition) is 4. The van der Waals surface area contributed by atoms with Crippen molar-refractivity contribution in [3.8, 4) is 0 Å². The highest BCUT2D eigenvalue weighted by Gasteiger charge is 2.40. The Balaban J connectivity index is 1.88. The average molecular weight is 305 g/mol. The molecule has 102 valence electrons. The fourth-order valence-electron chi connectivity index (χ4n) is 2.01. The lowest BCUT2D eigenvalue weighted by Gasteiger charge is -2.14. The summed E-state index contributed by atoms with van der Waals surface area (Å²) in [6.45, 7) is 0. The van der Waals surface area contributed by atoms with Crippen molar-refractivity contribution in [2.75, 3.05) is 5.88 Å². The van der Waals surface area contributed by atoms with Crippen LogP contribution in [-0.4, -0.2) is 24.5 Å². The zero-order chi connectivity index (χ0) is 14.2. The minimum atomic E-state index is -3.70. The number of hydrogen-bond donors (Lipinski definition) is 0. The molecule has 0 saturated heterocycles. The number of sulfonamides is 1. The molecule has 2 aromatic carbocycles. The fraction of sp³-hybridized carbons (Fsp3) is 0.0714. The van der Waals surface area contributed by atoms with Crippen molar-refractivity contribution in [1.29, 1.82) is 0 Å². The van der Waals surface area contributed by atoms with Gasteiger partial charge in [0, 0.05) is 4.90 Å². The standard InChI is InChI=1S/C14H11NO3S2/c16-14-12-8-4-5-9-13(12)20(17,18)15(14)10-19-11-6-2-1-3-7-11/h1-9H,10H2. The van der Waals surface area contributed by atoms with E-state index in [1.807, 2.05) is 30.3 Å². The molecule has 0 atom stereocenters. The third-order valence-electron chi connectivity index (χ3n) is 3.00. The maximum atomic E-state index is 12.3. The highest BCUT2D eigenvalue weighted by Crippen LogP contribution is 2.32. The number of nitrogens with zero attached hydrogens (tertiary/aromatic N) is 1. The van der Waals surface area contributed by atoms with E-state index in [0.29, 0.717) is 0 Å². The molecular weight excluding hydrogens is 294 g/mol. The maximum Gasteiger partial charge on any atom is 0.269 e. The minimum absolute atomic E-state index is 0.0832. The van der Waals surface area contributed by atoms with E-state index in [1.165, 1.54) is 17.8 Å². The molecule has 1 aliphatic heterocycles. The summed E-state index contributed by atoms with van der Waals surface area (Å²) in [5.41, 5.74) is 0.251. The van der Waals surface area contributed by atoms with Gasteiger partial charge >= 0.3 is 0 Å². The molecule has 0 radical (unpaired) electrons. The summed E-state index contributed by atoms with van der Waals surface area (Å²) < 4.78 is 25.5. The van der Waals surface area contributed by atoms with Gasteiger partial charge in [0.25, 0.3) is 15.9 Å². The Bertz CT molecular complexity index is 757. The lowest BCUT2D eigenvalue weighted by Crippen LogP contribution is -2.29. The smallest absolute Gasteiger partial charge is 0.268 e. The Hall–Kier alpha value is -1.79. The first-order chi connectivity index (χ1) is 9.60. The van der Waals surface area contributed by atoms with Crippen LogP contribution in [-0.2, 0) is 10.0 Å². The second-order valence-electron chi connectivity index (χ2n) is 4.24. The third-order valence-corrected chi connectivity index (χ3v) is 5.95. The topological polar surface area (TPSA) is 54.5 Å². The normalized spacial score (nSPS) is 16.2. The molecule has 2 aromatic rings. The van der Waals surface area contributed by atoms with E-state index in [0.717, 1.165) is 9.20 Å². The van der Waals surface area contributed by atoms with Crippen LogP contribution in [0.4, 0.5) is 0 Å². The van der Waals surface area contributed by atoms with Crippen molar-refractivity contribution in [2.24, 2.45) is 0 Å². The van der Waals surface area contributed by atoms with Gasteiger partial charge in [-0.2, -0.15) is 0 Å². The van der Waals surface area contributed by atoms with E-state index in [4.69, 9.17) is 0 Å². The van der Waals surface area contributed by atoms with Gasteiger partial charge < -0.3 is 0 Å². The van der Waals surface area contributed by atoms with Gasteiger partial charge in [0.15, 0.2) is 0 Å². The Morgan fingerprint density at radius 1 is 0.950 bits per heavy atom. The molecule has 0 fully saturated rings. The number of benzene rings is 2. The van der Waals surface area contributed by atoms with Crippen LogP contribution in [0.3, 0.4) is 0 Å². The number of amides is 1. The molecular formula is C14H11NO3S2. The number of fused-ring (bicyclic) bond motifs is 1. The van der Waals surface area contributed by atoms with Gasteiger partial charge in [-0.15, -0.1) is 11.8 Å². The van der Waals surface area contributed by atoms with E-state index >= 15 is 0 Å². The van der Waals surface area contributed by atoms with Crippen molar-refractivity contribution in [2.45, 2.75) is 9.79 Å².